The minimum Gasteiger partial charge on any atom is -0.489 e. The highest BCUT2D eigenvalue weighted by Crippen LogP contribution is 2.26. The number of nitrogens with zero attached hydrogens (tertiary/aromatic N) is 2. The van der Waals surface area contributed by atoms with Crippen molar-refractivity contribution in [1.29, 1.82) is 0 Å². The number of halogens is 3. The van der Waals surface area contributed by atoms with Crippen molar-refractivity contribution >= 4 is 46.3 Å². The summed E-state index contributed by atoms with van der Waals surface area (Å²) >= 11 is 13.8. The summed E-state index contributed by atoms with van der Waals surface area (Å²) in [5, 5.41) is 9.29. The summed E-state index contributed by atoms with van der Waals surface area (Å²) in [6.07, 6.45) is 1.51. The van der Waals surface area contributed by atoms with Gasteiger partial charge in [-0.15, -0.1) is 5.10 Å². The van der Waals surface area contributed by atoms with E-state index in [1.54, 1.807) is 24.3 Å². The lowest BCUT2D eigenvalue weighted by molar-refractivity contribution is 0.305. The van der Waals surface area contributed by atoms with Crippen molar-refractivity contribution in [3.05, 3.63) is 99.3 Å². The predicted molar refractivity (Wildman–Crippen MR) is 124 cm³/mol. The van der Waals surface area contributed by atoms with E-state index in [4.69, 9.17) is 33.7 Å². The van der Waals surface area contributed by atoms with E-state index in [0.717, 1.165) is 5.56 Å². The smallest absolute Gasteiger partial charge is 0.180 e. The Morgan fingerprint density at radius 3 is 2.53 bits per heavy atom. The minimum absolute atomic E-state index is 0.176. The largest absolute Gasteiger partial charge is 0.489 e. The molecule has 0 radical (unpaired) electrons. The average molecular weight is 462 g/mol. The van der Waals surface area contributed by atoms with Gasteiger partial charge in [0.05, 0.1) is 11.2 Å². The van der Waals surface area contributed by atoms with Crippen LogP contribution in [0.4, 0.5) is 4.39 Å². The number of benzene rings is 3. The van der Waals surface area contributed by atoms with Crippen LogP contribution in [0.25, 0.3) is 0 Å². The first-order valence-corrected chi connectivity index (χ1v) is 10.6. The van der Waals surface area contributed by atoms with Crippen molar-refractivity contribution in [2.45, 2.75) is 12.4 Å². The summed E-state index contributed by atoms with van der Waals surface area (Å²) in [6, 6.07) is 19.0. The SMILES string of the molecule is NC(=NN=Cc1c(Cl)cc(Cl)cc1COc1ccc(F)cc1)SCc1ccccc1. The van der Waals surface area contributed by atoms with Crippen LogP contribution < -0.4 is 10.5 Å². The van der Waals surface area contributed by atoms with Gasteiger partial charge in [0.15, 0.2) is 5.17 Å². The fourth-order valence-corrected chi connectivity index (χ4v) is 3.69. The molecule has 30 heavy (non-hydrogen) atoms. The Kier molecular flexibility index (Phi) is 8.13. The number of ether oxygens (including phenoxy) is 1. The van der Waals surface area contributed by atoms with E-state index in [9.17, 15) is 4.39 Å². The standard InChI is InChI=1S/C22H18Cl2FN3OS/c23-17-10-16(13-29-19-8-6-18(25)7-9-19)20(21(24)11-17)12-27-28-22(26)30-14-15-4-2-1-3-5-15/h1-12H,13-14H2,(H2,26,28). The van der Waals surface area contributed by atoms with Crippen LogP contribution in [0.2, 0.25) is 10.0 Å². The highest BCUT2D eigenvalue weighted by molar-refractivity contribution is 8.13. The molecule has 3 aromatic carbocycles. The summed E-state index contributed by atoms with van der Waals surface area (Å²) in [5.41, 5.74) is 8.40. The first-order chi connectivity index (χ1) is 14.5. The van der Waals surface area contributed by atoms with Gasteiger partial charge in [-0.25, -0.2) is 4.39 Å². The predicted octanol–water partition coefficient (Wildman–Crippen LogP) is 6.29. The lowest BCUT2D eigenvalue weighted by Crippen LogP contribution is -2.06. The second kappa shape index (κ2) is 11.0. The second-order valence-corrected chi connectivity index (χ2v) is 8.00. The number of rotatable bonds is 7. The van der Waals surface area contributed by atoms with Gasteiger partial charge in [0.25, 0.3) is 0 Å². The molecule has 0 aliphatic carbocycles. The van der Waals surface area contributed by atoms with Crippen LogP contribution in [-0.4, -0.2) is 11.4 Å². The Morgan fingerprint density at radius 1 is 1.07 bits per heavy atom. The third-order valence-corrected chi connectivity index (χ3v) is 5.35. The van der Waals surface area contributed by atoms with Gasteiger partial charge in [-0.1, -0.05) is 65.3 Å². The zero-order valence-electron chi connectivity index (χ0n) is 15.8. The van der Waals surface area contributed by atoms with Crippen LogP contribution >= 0.6 is 35.0 Å². The summed E-state index contributed by atoms with van der Waals surface area (Å²) in [4.78, 5) is 0. The molecule has 0 fully saturated rings. The van der Waals surface area contributed by atoms with Crippen molar-refractivity contribution in [3.63, 3.8) is 0 Å². The van der Waals surface area contributed by atoms with Gasteiger partial charge in [0.1, 0.15) is 18.2 Å². The molecule has 0 bridgehead atoms. The monoisotopic (exact) mass is 461 g/mol. The Morgan fingerprint density at radius 2 is 1.80 bits per heavy atom. The highest BCUT2D eigenvalue weighted by Gasteiger charge is 2.09. The molecule has 0 atom stereocenters. The zero-order valence-corrected chi connectivity index (χ0v) is 18.1. The summed E-state index contributed by atoms with van der Waals surface area (Å²) in [6.45, 7) is 0.176. The Bertz CT molecular complexity index is 1040. The van der Waals surface area contributed by atoms with E-state index in [2.05, 4.69) is 10.2 Å². The van der Waals surface area contributed by atoms with Crippen LogP contribution in [0.1, 0.15) is 16.7 Å². The summed E-state index contributed by atoms with van der Waals surface area (Å²) in [5.74, 6) is 0.890. The molecule has 0 saturated heterocycles. The quantitative estimate of drug-likeness (QED) is 0.255. The van der Waals surface area contributed by atoms with Gasteiger partial charge in [0, 0.05) is 21.9 Å². The van der Waals surface area contributed by atoms with Gasteiger partial charge in [0.2, 0.25) is 0 Å². The van der Waals surface area contributed by atoms with Gasteiger partial charge >= 0.3 is 0 Å². The number of nitrogens with two attached hydrogens (primary N) is 1. The van der Waals surface area contributed by atoms with E-state index in [1.807, 2.05) is 30.3 Å². The molecular formula is C22H18Cl2FN3OS. The van der Waals surface area contributed by atoms with Gasteiger partial charge < -0.3 is 10.5 Å². The van der Waals surface area contributed by atoms with E-state index in [1.165, 1.54) is 30.1 Å². The van der Waals surface area contributed by atoms with Crippen LogP contribution in [-0.2, 0) is 12.4 Å². The molecule has 8 heteroatoms. The Labute approximate surface area is 188 Å². The van der Waals surface area contributed by atoms with E-state index >= 15 is 0 Å². The molecule has 3 rings (SSSR count). The minimum atomic E-state index is -0.332. The molecule has 0 spiro atoms. The van der Waals surface area contributed by atoms with Crippen molar-refractivity contribution in [2.24, 2.45) is 15.9 Å². The van der Waals surface area contributed by atoms with Crippen molar-refractivity contribution in [3.8, 4) is 5.75 Å². The molecule has 2 N–H and O–H groups in total. The molecule has 0 saturated carbocycles. The zero-order chi connectivity index (χ0) is 21.3. The molecule has 0 aliphatic heterocycles. The number of hydrogen-bond acceptors (Lipinski definition) is 4. The third kappa shape index (κ3) is 6.76. The highest BCUT2D eigenvalue weighted by atomic mass is 35.5. The average Bonchev–Trinajstić information content (AvgIpc) is 2.74. The fraction of sp³-hybridized carbons (Fsp3) is 0.0909. The Balaban J connectivity index is 1.68. The van der Waals surface area contributed by atoms with Crippen LogP contribution in [0.5, 0.6) is 5.75 Å². The molecular weight excluding hydrogens is 444 g/mol. The molecule has 0 aromatic heterocycles. The number of amidine groups is 1. The molecule has 154 valence electrons. The maximum absolute atomic E-state index is 13.0. The molecule has 4 nitrogen and oxygen atoms in total. The number of thioether (sulfide) groups is 1. The fourth-order valence-electron chi connectivity index (χ4n) is 2.50. The Hall–Kier alpha value is -2.54. The van der Waals surface area contributed by atoms with Crippen LogP contribution in [0, 0.1) is 5.82 Å². The van der Waals surface area contributed by atoms with Crippen LogP contribution in [0.15, 0.2) is 76.9 Å². The van der Waals surface area contributed by atoms with Crippen LogP contribution in [0.3, 0.4) is 0 Å². The molecule has 3 aromatic rings. The maximum Gasteiger partial charge on any atom is 0.180 e. The first kappa shape index (κ1) is 22.2. The lowest BCUT2D eigenvalue weighted by atomic mass is 10.1. The van der Waals surface area contributed by atoms with E-state index in [-0.39, 0.29) is 12.4 Å². The molecule has 0 unspecified atom stereocenters. The number of hydrogen-bond donors (Lipinski definition) is 1. The van der Waals surface area contributed by atoms with Crippen molar-refractivity contribution in [1.82, 2.24) is 0 Å². The first-order valence-electron chi connectivity index (χ1n) is 8.91. The summed E-state index contributed by atoms with van der Waals surface area (Å²) in [7, 11) is 0. The third-order valence-electron chi connectivity index (χ3n) is 3.96. The van der Waals surface area contributed by atoms with E-state index < -0.39 is 0 Å². The second-order valence-electron chi connectivity index (χ2n) is 6.16. The van der Waals surface area contributed by atoms with Crippen molar-refractivity contribution < 1.29 is 9.13 Å². The normalized spacial score (nSPS) is 11.8. The molecule has 0 aliphatic rings. The van der Waals surface area contributed by atoms with Gasteiger partial charge in [-0.05, 0) is 42.0 Å². The molecule has 0 amide bonds. The molecule has 0 heterocycles. The topological polar surface area (TPSA) is 60.0 Å². The lowest BCUT2D eigenvalue weighted by Gasteiger charge is -2.10. The van der Waals surface area contributed by atoms with E-state index in [0.29, 0.717) is 37.8 Å². The maximum atomic E-state index is 13.0. The van der Waals surface area contributed by atoms with Crippen molar-refractivity contribution in [2.75, 3.05) is 0 Å². The van der Waals surface area contributed by atoms with Gasteiger partial charge in [-0.2, -0.15) is 5.10 Å². The summed E-state index contributed by atoms with van der Waals surface area (Å²) < 4.78 is 18.7. The van der Waals surface area contributed by atoms with Gasteiger partial charge in [-0.3, -0.25) is 0 Å².